The van der Waals surface area contributed by atoms with Gasteiger partial charge in [0, 0.05) is 29.9 Å². The third-order valence-electron chi connectivity index (χ3n) is 5.24. The lowest BCUT2D eigenvalue weighted by Crippen LogP contribution is -2.32. The zero-order chi connectivity index (χ0) is 26.2. The number of nitrogens with one attached hydrogen (secondary N) is 2. The first kappa shape index (κ1) is 26.6. The van der Waals surface area contributed by atoms with Crippen LogP contribution in [-0.4, -0.2) is 56.1 Å². The first-order chi connectivity index (χ1) is 17.3. The van der Waals surface area contributed by atoms with E-state index in [-0.39, 0.29) is 17.3 Å². The Morgan fingerprint density at radius 2 is 1.94 bits per heavy atom. The molecule has 0 saturated carbocycles. The molecule has 0 unspecified atom stereocenters. The minimum Gasteiger partial charge on any atom is -0.497 e. The highest BCUT2D eigenvalue weighted by Crippen LogP contribution is 2.24. The molecule has 3 rings (SSSR count). The molecule has 0 aliphatic rings. The number of hydrogen-bond donors (Lipinski definition) is 3. The van der Waals surface area contributed by atoms with Gasteiger partial charge in [0.1, 0.15) is 11.8 Å². The Balaban J connectivity index is 1.65. The molecular formula is C23H26N6O6S. The zero-order valence-electron chi connectivity index (χ0n) is 19.9. The molecule has 3 aromatic rings. The van der Waals surface area contributed by atoms with Crippen molar-refractivity contribution >= 4 is 35.0 Å². The molecule has 0 aliphatic carbocycles. The van der Waals surface area contributed by atoms with Crippen molar-refractivity contribution < 1.29 is 24.4 Å². The lowest BCUT2D eigenvalue weighted by molar-refractivity contribution is -0.384. The van der Waals surface area contributed by atoms with Gasteiger partial charge in [0.2, 0.25) is 5.91 Å². The van der Waals surface area contributed by atoms with Crippen LogP contribution in [0.3, 0.4) is 0 Å². The number of rotatable bonds is 11. The summed E-state index contributed by atoms with van der Waals surface area (Å²) in [4.78, 5) is 35.5. The summed E-state index contributed by atoms with van der Waals surface area (Å²) in [6, 6.07) is 9.94. The number of anilines is 1. The SMILES string of the molecule is CCn1c(SCC(=O)Nc2ccc([N+](=O)[O-])cc2C)nnc1[C@H](CO)NC(=O)c1ccc(OC)cc1. The van der Waals surface area contributed by atoms with E-state index in [9.17, 15) is 24.8 Å². The van der Waals surface area contributed by atoms with Crippen molar-refractivity contribution in [3.05, 3.63) is 69.5 Å². The fourth-order valence-corrected chi connectivity index (χ4v) is 4.17. The molecule has 2 amide bonds. The van der Waals surface area contributed by atoms with Gasteiger partial charge in [0.25, 0.3) is 11.6 Å². The number of aliphatic hydroxyl groups excluding tert-OH is 1. The molecule has 36 heavy (non-hydrogen) atoms. The van der Waals surface area contributed by atoms with Gasteiger partial charge in [-0.25, -0.2) is 0 Å². The summed E-state index contributed by atoms with van der Waals surface area (Å²) in [5.41, 5.74) is 1.39. The Morgan fingerprint density at radius 3 is 2.53 bits per heavy atom. The number of aliphatic hydroxyl groups is 1. The Morgan fingerprint density at radius 1 is 1.22 bits per heavy atom. The van der Waals surface area contributed by atoms with Crippen molar-refractivity contribution in [1.29, 1.82) is 0 Å². The van der Waals surface area contributed by atoms with Crippen LogP contribution in [0.15, 0.2) is 47.6 Å². The van der Waals surface area contributed by atoms with Crippen LogP contribution >= 0.6 is 11.8 Å². The highest BCUT2D eigenvalue weighted by Gasteiger charge is 2.23. The molecule has 190 valence electrons. The number of nitrogens with zero attached hydrogens (tertiary/aromatic N) is 4. The van der Waals surface area contributed by atoms with E-state index in [1.54, 1.807) is 35.8 Å². The molecule has 1 aromatic heterocycles. The van der Waals surface area contributed by atoms with Crippen LogP contribution in [0.25, 0.3) is 0 Å². The maximum atomic E-state index is 12.7. The fraction of sp³-hybridized carbons (Fsp3) is 0.304. The highest BCUT2D eigenvalue weighted by molar-refractivity contribution is 7.99. The summed E-state index contributed by atoms with van der Waals surface area (Å²) >= 11 is 1.14. The highest BCUT2D eigenvalue weighted by atomic mass is 32.2. The van der Waals surface area contributed by atoms with E-state index in [0.717, 1.165) is 11.8 Å². The molecule has 0 aliphatic heterocycles. The summed E-state index contributed by atoms with van der Waals surface area (Å²) in [5.74, 6) is 0.266. The molecule has 0 spiro atoms. The number of ether oxygens (including phenoxy) is 1. The van der Waals surface area contributed by atoms with Gasteiger partial charge >= 0.3 is 0 Å². The van der Waals surface area contributed by atoms with Crippen molar-refractivity contribution in [2.75, 3.05) is 24.8 Å². The van der Waals surface area contributed by atoms with E-state index in [0.29, 0.717) is 40.1 Å². The largest absolute Gasteiger partial charge is 0.497 e. The second-order valence-electron chi connectivity index (χ2n) is 7.62. The van der Waals surface area contributed by atoms with Crippen LogP contribution in [0.5, 0.6) is 5.75 Å². The van der Waals surface area contributed by atoms with E-state index in [1.165, 1.54) is 25.3 Å². The van der Waals surface area contributed by atoms with E-state index in [4.69, 9.17) is 4.74 Å². The van der Waals surface area contributed by atoms with Crippen LogP contribution in [-0.2, 0) is 11.3 Å². The quantitative estimate of drug-likeness (QED) is 0.198. The number of aryl methyl sites for hydroxylation is 1. The van der Waals surface area contributed by atoms with E-state index >= 15 is 0 Å². The molecule has 0 bridgehead atoms. The van der Waals surface area contributed by atoms with Gasteiger partial charge in [0.05, 0.1) is 24.4 Å². The van der Waals surface area contributed by atoms with Gasteiger partial charge in [-0.3, -0.25) is 19.7 Å². The van der Waals surface area contributed by atoms with Crippen molar-refractivity contribution in [1.82, 2.24) is 20.1 Å². The number of carbonyl (C=O) groups is 2. The fourth-order valence-electron chi connectivity index (χ4n) is 3.36. The van der Waals surface area contributed by atoms with E-state index in [1.807, 2.05) is 6.92 Å². The predicted octanol–water partition coefficient (Wildman–Crippen LogP) is 2.72. The normalized spacial score (nSPS) is 11.6. The number of nitro groups is 1. The number of aromatic nitrogens is 3. The van der Waals surface area contributed by atoms with Gasteiger partial charge in [0.15, 0.2) is 11.0 Å². The number of amides is 2. The third kappa shape index (κ3) is 6.37. The molecular weight excluding hydrogens is 488 g/mol. The predicted molar refractivity (Wildman–Crippen MR) is 133 cm³/mol. The monoisotopic (exact) mass is 514 g/mol. The minimum atomic E-state index is -0.807. The van der Waals surface area contributed by atoms with Crippen molar-refractivity contribution in [3.8, 4) is 5.75 Å². The number of hydrogen-bond acceptors (Lipinski definition) is 9. The molecule has 12 nitrogen and oxygen atoms in total. The summed E-state index contributed by atoms with van der Waals surface area (Å²) in [7, 11) is 1.53. The third-order valence-corrected chi connectivity index (χ3v) is 6.21. The van der Waals surface area contributed by atoms with Crippen LogP contribution in [0.1, 0.15) is 34.7 Å². The number of methoxy groups -OCH3 is 1. The van der Waals surface area contributed by atoms with E-state index < -0.39 is 23.5 Å². The zero-order valence-corrected chi connectivity index (χ0v) is 20.7. The maximum Gasteiger partial charge on any atom is 0.269 e. The lowest BCUT2D eigenvalue weighted by atomic mass is 10.2. The Bertz CT molecular complexity index is 1250. The molecule has 13 heteroatoms. The molecule has 1 atom stereocenters. The number of benzene rings is 2. The molecule has 3 N–H and O–H groups in total. The second kappa shape index (κ2) is 12.1. The molecule has 0 saturated heterocycles. The standard InChI is InChI=1S/C23H26N6O6S/c1-4-28-21(19(12-30)25-22(32)15-5-8-17(35-3)9-6-15)26-27-23(28)36-13-20(31)24-18-10-7-16(29(33)34)11-14(18)2/h5-11,19,30H,4,12-13H2,1-3H3,(H,24,31)(H,25,32)/t19-/m0/s1. The number of non-ortho nitro benzene ring substituents is 1. The van der Waals surface area contributed by atoms with E-state index in [2.05, 4.69) is 20.8 Å². The lowest BCUT2D eigenvalue weighted by Gasteiger charge is -2.17. The van der Waals surface area contributed by atoms with Crippen molar-refractivity contribution in [3.63, 3.8) is 0 Å². The molecule has 0 fully saturated rings. The minimum absolute atomic E-state index is 0.0105. The Hall–Kier alpha value is -3.97. The van der Waals surface area contributed by atoms with Crippen LogP contribution in [0, 0.1) is 17.0 Å². The van der Waals surface area contributed by atoms with Crippen molar-refractivity contribution in [2.24, 2.45) is 0 Å². The van der Waals surface area contributed by atoms with Crippen LogP contribution in [0.2, 0.25) is 0 Å². The first-order valence-corrected chi connectivity index (χ1v) is 11.9. The molecule has 0 radical (unpaired) electrons. The number of carbonyl (C=O) groups excluding carboxylic acids is 2. The first-order valence-electron chi connectivity index (χ1n) is 10.9. The van der Waals surface area contributed by atoms with Gasteiger partial charge in [-0.05, 0) is 49.7 Å². The second-order valence-corrected chi connectivity index (χ2v) is 8.56. The number of nitro benzene ring substituents is 1. The number of thioether (sulfide) groups is 1. The Labute approximate surface area is 211 Å². The summed E-state index contributed by atoms with van der Waals surface area (Å²) in [6.07, 6.45) is 0. The summed E-state index contributed by atoms with van der Waals surface area (Å²) in [5, 5.41) is 35.0. The van der Waals surface area contributed by atoms with Gasteiger partial charge < -0.3 is 25.0 Å². The smallest absolute Gasteiger partial charge is 0.269 e. The molecule has 1 heterocycles. The van der Waals surface area contributed by atoms with Crippen molar-refractivity contribution in [2.45, 2.75) is 31.6 Å². The topological polar surface area (TPSA) is 162 Å². The van der Waals surface area contributed by atoms with Crippen LogP contribution < -0.4 is 15.4 Å². The maximum absolute atomic E-state index is 12.7. The van der Waals surface area contributed by atoms with Gasteiger partial charge in [-0.2, -0.15) is 0 Å². The summed E-state index contributed by atoms with van der Waals surface area (Å²) in [6.45, 7) is 3.58. The Kier molecular flexibility index (Phi) is 8.97. The summed E-state index contributed by atoms with van der Waals surface area (Å²) < 4.78 is 6.81. The molecule has 2 aromatic carbocycles. The average molecular weight is 515 g/mol. The van der Waals surface area contributed by atoms with Crippen LogP contribution in [0.4, 0.5) is 11.4 Å². The van der Waals surface area contributed by atoms with Gasteiger partial charge in [-0.1, -0.05) is 11.8 Å². The average Bonchev–Trinajstić information content (AvgIpc) is 3.29. The van der Waals surface area contributed by atoms with Gasteiger partial charge in [-0.15, -0.1) is 10.2 Å².